The summed E-state index contributed by atoms with van der Waals surface area (Å²) in [5, 5.41) is 1.50. The van der Waals surface area contributed by atoms with E-state index in [-0.39, 0.29) is 0 Å². The van der Waals surface area contributed by atoms with Crippen molar-refractivity contribution in [3.05, 3.63) is 63.6 Å². The molecule has 0 aliphatic carbocycles. The number of nitrogens with two attached hydrogens (primary N) is 1. The lowest BCUT2D eigenvalue weighted by molar-refractivity contribution is 1.37. The van der Waals surface area contributed by atoms with Crippen molar-refractivity contribution < 1.29 is 0 Å². The Hall–Kier alpha value is -0.830. The van der Waals surface area contributed by atoms with E-state index in [1.54, 1.807) is 11.8 Å². The van der Waals surface area contributed by atoms with Crippen LogP contribution in [0.3, 0.4) is 0 Å². The van der Waals surface area contributed by atoms with Crippen molar-refractivity contribution in [2.24, 2.45) is 0 Å². The van der Waals surface area contributed by atoms with Crippen LogP contribution in [-0.2, 0) is 11.5 Å². The maximum absolute atomic E-state index is 6.12. The van der Waals surface area contributed by atoms with Gasteiger partial charge in [0.2, 0.25) is 0 Å². The van der Waals surface area contributed by atoms with E-state index in [9.17, 15) is 0 Å². The molecule has 94 valence electrons. The molecule has 0 spiro atoms. The van der Waals surface area contributed by atoms with Gasteiger partial charge in [-0.1, -0.05) is 41.4 Å². The predicted molar refractivity (Wildman–Crippen MR) is 82.3 cm³/mol. The number of rotatable bonds is 4. The van der Waals surface area contributed by atoms with Crippen LogP contribution >= 0.6 is 35.0 Å². The predicted octanol–water partition coefficient (Wildman–Crippen LogP) is 5.01. The summed E-state index contributed by atoms with van der Waals surface area (Å²) < 4.78 is 0. The fourth-order valence-electron chi connectivity index (χ4n) is 1.58. The van der Waals surface area contributed by atoms with E-state index in [0.29, 0.717) is 0 Å². The summed E-state index contributed by atoms with van der Waals surface area (Å²) in [5.41, 5.74) is 8.92. The molecule has 2 aromatic carbocycles. The van der Waals surface area contributed by atoms with Crippen molar-refractivity contribution >= 4 is 40.7 Å². The Morgan fingerprint density at radius 1 is 0.944 bits per heavy atom. The third-order valence-electron chi connectivity index (χ3n) is 2.58. The number of hydrogen-bond acceptors (Lipinski definition) is 2. The normalized spacial score (nSPS) is 10.6. The van der Waals surface area contributed by atoms with Crippen molar-refractivity contribution in [3.63, 3.8) is 0 Å². The van der Waals surface area contributed by atoms with Crippen molar-refractivity contribution in [1.29, 1.82) is 0 Å². The molecule has 2 N–H and O–H groups in total. The van der Waals surface area contributed by atoms with E-state index >= 15 is 0 Å². The molecule has 0 aliphatic heterocycles. The fourth-order valence-corrected chi connectivity index (χ4v) is 3.09. The van der Waals surface area contributed by atoms with Gasteiger partial charge in [-0.15, -0.1) is 0 Å². The van der Waals surface area contributed by atoms with Gasteiger partial charge in [0, 0.05) is 32.8 Å². The van der Waals surface area contributed by atoms with Gasteiger partial charge < -0.3 is 5.73 Å². The van der Waals surface area contributed by atoms with Gasteiger partial charge in [0.25, 0.3) is 0 Å². The molecule has 18 heavy (non-hydrogen) atoms. The van der Waals surface area contributed by atoms with Crippen LogP contribution in [0.15, 0.2) is 42.5 Å². The highest BCUT2D eigenvalue weighted by molar-refractivity contribution is 7.97. The van der Waals surface area contributed by atoms with Crippen LogP contribution in [0.5, 0.6) is 0 Å². The lowest BCUT2D eigenvalue weighted by Crippen LogP contribution is -1.93. The van der Waals surface area contributed by atoms with E-state index in [1.807, 2.05) is 42.5 Å². The third kappa shape index (κ3) is 3.58. The van der Waals surface area contributed by atoms with E-state index in [2.05, 4.69) is 0 Å². The molecule has 0 amide bonds. The second-order valence-electron chi connectivity index (χ2n) is 3.93. The zero-order valence-electron chi connectivity index (χ0n) is 9.70. The largest absolute Gasteiger partial charge is 0.398 e. The van der Waals surface area contributed by atoms with Gasteiger partial charge in [-0.2, -0.15) is 11.8 Å². The molecule has 0 atom stereocenters. The zero-order chi connectivity index (χ0) is 13.0. The van der Waals surface area contributed by atoms with Gasteiger partial charge in [-0.25, -0.2) is 0 Å². The lowest BCUT2D eigenvalue weighted by Gasteiger charge is -2.07. The highest BCUT2D eigenvalue weighted by Crippen LogP contribution is 2.28. The monoisotopic (exact) mass is 297 g/mol. The molecule has 4 heteroatoms. The minimum atomic E-state index is 0.735. The van der Waals surface area contributed by atoms with E-state index in [0.717, 1.165) is 32.8 Å². The molecule has 1 nitrogen and oxygen atoms in total. The molecule has 0 aromatic heterocycles. The summed E-state index contributed by atoms with van der Waals surface area (Å²) in [4.78, 5) is 0. The molecule has 0 heterocycles. The van der Waals surface area contributed by atoms with Crippen molar-refractivity contribution in [3.8, 4) is 0 Å². The summed E-state index contributed by atoms with van der Waals surface area (Å²) in [6.45, 7) is 0. The molecular formula is C14H13Cl2NS. The van der Waals surface area contributed by atoms with Gasteiger partial charge >= 0.3 is 0 Å². The third-order valence-corrected chi connectivity index (χ3v) is 4.22. The van der Waals surface area contributed by atoms with Crippen LogP contribution in [-0.4, -0.2) is 0 Å². The summed E-state index contributed by atoms with van der Waals surface area (Å²) in [5.74, 6) is 1.73. The molecule has 0 unspecified atom stereocenters. The average molecular weight is 298 g/mol. The molecule has 0 aliphatic rings. The highest BCUT2D eigenvalue weighted by atomic mass is 35.5. The highest BCUT2D eigenvalue weighted by Gasteiger charge is 2.04. The Labute approximate surface area is 121 Å². The summed E-state index contributed by atoms with van der Waals surface area (Å²) in [6.07, 6.45) is 0. The van der Waals surface area contributed by atoms with Gasteiger partial charge in [-0.05, 0) is 29.8 Å². The maximum atomic E-state index is 6.12. The number of benzene rings is 2. The molecule has 2 rings (SSSR count). The smallest absolute Gasteiger partial charge is 0.0466 e. The molecule has 0 saturated carbocycles. The number of anilines is 1. The van der Waals surface area contributed by atoms with Crippen molar-refractivity contribution in [2.45, 2.75) is 11.5 Å². The van der Waals surface area contributed by atoms with E-state index in [4.69, 9.17) is 28.9 Å². The first-order valence-electron chi connectivity index (χ1n) is 5.52. The van der Waals surface area contributed by atoms with E-state index < -0.39 is 0 Å². The molecule has 0 fully saturated rings. The Kier molecular flexibility index (Phi) is 4.81. The Balaban J connectivity index is 1.94. The van der Waals surface area contributed by atoms with Crippen LogP contribution in [0.4, 0.5) is 5.69 Å². The topological polar surface area (TPSA) is 26.0 Å². The minimum Gasteiger partial charge on any atom is -0.398 e. The SMILES string of the molecule is Nc1cccc(Cl)c1CSCc1ccc(Cl)cc1. The second-order valence-corrected chi connectivity index (χ2v) is 5.76. The number of nitrogen functional groups attached to an aromatic ring is 1. The molecule has 0 bridgehead atoms. The Morgan fingerprint density at radius 3 is 2.33 bits per heavy atom. The fraction of sp³-hybridized carbons (Fsp3) is 0.143. The van der Waals surface area contributed by atoms with Crippen LogP contribution in [0, 0.1) is 0 Å². The van der Waals surface area contributed by atoms with Crippen molar-refractivity contribution in [2.75, 3.05) is 5.73 Å². The standard InChI is InChI=1S/C14H13Cl2NS/c15-11-6-4-10(5-7-11)8-18-9-12-13(16)2-1-3-14(12)17/h1-7H,8-9,17H2. The maximum Gasteiger partial charge on any atom is 0.0466 e. The average Bonchev–Trinajstić information content (AvgIpc) is 2.35. The quantitative estimate of drug-likeness (QED) is 0.803. The lowest BCUT2D eigenvalue weighted by atomic mass is 10.2. The summed E-state index contributed by atoms with van der Waals surface area (Å²) >= 11 is 13.7. The first kappa shape index (κ1) is 13.6. The van der Waals surface area contributed by atoms with Crippen LogP contribution in [0.25, 0.3) is 0 Å². The van der Waals surface area contributed by atoms with Crippen molar-refractivity contribution in [1.82, 2.24) is 0 Å². The molecule has 0 saturated heterocycles. The number of thioether (sulfide) groups is 1. The first-order chi connectivity index (χ1) is 8.66. The second kappa shape index (κ2) is 6.37. The van der Waals surface area contributed by atoms with Crippen LogP contribution in [0.1, 0.15) is 11.1 Å². The first-order valence-corrected chi connectivity index (χ1v) is 7.43. The van der Waals surface area contributed by atoms with E-state index in [1.165, 1.54) is 5.56 Å². The van der Waals surface area contributed by atoms with Crippen LogP contribution < -0.4 is 5.73 Å². The Bertz CT molecular complexity index is 506. The zero-order valence-corrected chi connectivity index (χ0v) is 12.0. The molecule has 0 radical (unpaired) electrons. The van der Waals surface area contributed by atoms with Gasteiger partial charge in [0.1, 0.15) is 0 Å². The van der Waals surface area contributed by atoms with Gasteiger partial charge in [0.15, 0.2) is 0 Å². The number of halogens is 2. The summed E-state index contributed by atoms with van der Waals surface area (Å²) in [7, 11) is 0. The molecule has 2 aromatic rings. The minimum absolute atomic E-state index is 0.735. The summed E-state index contributed by atoms with van der Waals surface area (Å²) in [6, 6.07) is 13.5. The van der Waals surface area contributed by atoms with Gasteiger partial charge in [-0.3, -0.25) is 0 Å². The Morgan fingerprint density at radius 2 is 1.67 bits per heavy atom. The van der Waals surface area contributed by atoms with Gasteiger partial charge in [0.05, 0.1) is 0 Å². The van der Waals surface area contributed by atoms with Crippen LogP contribution in [0.2, 0.25) is 10.0 Å². The molecular weight excluding hydrogens is 285 g/mol. The number of hydrogen-bond donors (Lipinski definition) is 1.